The van der Waals surface area contributed by atoms with Crippen LogP contribution in [0.2, 0.25) is 0 Å². The van der Waals surface area contributed by atoms with E-state index < -0.39 is 40.9 Å². The molecule has 16 heteroatoms. The molecule has 3 unspecified atom stereocenters. The van der Waals surface area contributed by atoms with Crippen LogP contribution in [-0.2, 0) is 20.6 Å². The number of ether oxygens (including phenoxy) is 3. The van der Waals surface area contributed by atoms with Crippen molar-refractivity contribution in [3.8, 4) is 23.3 Å². The third-order valence-electron chi connectivity index (χ3n) is 6.64. The minimum Gasteiger partial charge on any atom is -0.479 e. The van der Waals surface area contributed by atoms with Crippen molar-refractivity contribution in [1.29, 1.82) is 5.26 Å². The van der Waals surface area contributed by atoms with E-state index in [9.17, 15) is 37.7 Å². The summed E-state index contributed by atoms with van der Waals surface area (Å²) in [6.07, 6.45) is -5.65. The summed E-state index contributed by atoms with van der Waals surface area (Å²) in [4.78, 5) is 43.9. The van der Waals surface area contributed by atoms with E-state index in [4.69, 9.17) is 19.5 Å². The second kappa shape index (κ2) is 13.4. The Balaban J connectivity index is 0.000000157. The molecule has 3 heterocycles. The van der Waals surface area contributed by atoms with Crippen LogP contribution in [0.1, 0.15) is 38.3 Å². The molecule has 13 nitrogen and oxygen atoms in total. The fraction of sp³-hybridized carbons (Fsp3) is 0.267. The lowest BCUT2D eigenvalue weighted by atomic mass is 10.1. The maximum Gasteiger partial charge on any atom is 0.416 e. The fourth-order valence-electron chi connectivity index (χ4n) is 4.18. The summed E-state index contributed by atoms with van der Waals surface area (Å²) in [5.41, 5.74) is 0.724. The van der Waals surface area contributed by atoms with Crippen LogP contribution in [0.4, 0.5) is 35.9 Å². The van der Waals surface area contributed by atoms with Gasteiger partial charge in [0.1, 0.15) is 11.5 Å². The largest absolute Gasteiger partial charge is 0.479 e. The number of nitro groups is 1. The highest BCUT2D eigenvalue weighted by Gasteiger charge is 2.33. The second-order valence-electron chi connectivity index (χ2n) is 9.97. The van der Waals surface area contributed by atoms with Crippen LogP contribution in [0, 0.1) is 21.4 Å². The van der Waals surface area contributed by atoms with E-state index in [0.29, 0.717) is 34.9 Å². The van der Waals surface area contributed by atoms with Gasteiger partial charge in [0, 0.05) is 6.07 Å². The number of alkyl halides is 3. The molecule has 0 spiro atoms. The Morgan fingerprint density at radius 2 is 1.37 bits per heavy atom. The standard InChI is InChI=1S/C10H8F3NO2.C10H10N2O4.C10H8N2O2/c1-5-9(15)14-7-4-6(10(11,12)13)2-3-8(7)16-5;1-2-8-10(13)11-7-4-3-6(12(14)15)5-9(7)16-8;1-6-10(13)12-8-4-7(5-11)2-3-9(8)14-6/h2-5H,1H3,(H,14,15);3-5,8H,2H2,1H3,(H,11,13);2-4,6H,1H3,(H,12,13). The van der Waals surface area contributed by atoms with E-state index in [0.717, 1.165) is 12.1 Å². The lowest BCUT2D eigenvalue weighted by Gasteiger charge is -2.24. The Labute approximate surface area is 259 Å². The van der Waals surface area contributed by atoms with Gasteiger partial charge in [0.2, 0.25) is 0 Å². The molecule has 240 valence electrons. The molecule has 3 amide bonds. The van der Waals surface area contributed by atoms with Crippen molar-refractivity contribution in [2.45, 2.75) is 51.7 Å². The van der Waals surface area contributed by atoms with Crippen LogP contribution in [0.15, 0.2) is 54.6 Å². The number of fused-ring (bicyclic) bond motifs is 3. The van der Waals surface area contributed by atoms with Crippen molar-refractivity contribution < 1.29 is 46.7 Å². The average Bonchev–Trinajstić information content (AvgIpc) is 3.01. The molecule has 3 N–H and O–H groups in total. The van der Waals surface area contributed by atoms with Crippen molar-refractivity contribution >= 4 is 40.5 Å². The first-order chi connectivity index (χ1) is 21.7. The van der Waals surface area contributed by atoms with Crippen LogP contribution < -0.4 is 30.2 Å². The van der Waals surface area contributed by atoms with Crippen molar-refractivity contribution in [3.05, 3.63) is 75.8 Å². The molecule has 0 radical (unpaired) electrons. The van der Waals surface area contributed by atoms with E-state index in [1.807, 2.05) is 13.0 Å². The predicted octanol–water partition coefficient (Wildman–Crippen LogP) is 5.41. The molecule has 0 saturated carbocycles. The van der Waals surface area contributed by atoms with Crippen LogP contribution in [0.25, 0.3) is 0 Å². The van der Waals surface area contributed by atoms with Gasteiger partial charge in [-0.15, -0.1) is 0 Å². The van der Waals surface area contributed by atoms with E-state index in [2.05, 4.69) is 16.0 Å². The predicted molar refractivity (Wildman–Crippen MR) is 156 cm³/mol. The summed E-state index contributed by atoms with van der Waals surface area (Å²) < 4.78 is 53.0. The number of benzene rings is 3. The van der Waals surface area contributed by atoms with Gasteiger partial charge >= 0.3 is 6.18 Å². The summed E-state index contributed by atoms with van der Waals surface area (Å²) in [5, 5.41) is 26.9. The maximum absolute atomic E-state index is 12.4. The highest BCUT2D eigenvalue weighted by Crippen LogP contribution is 2.37. The maximum atomic E-state index is 12.4. The molecule has 0 bridgehead atoms. The molecule has 0 aromatic heterocycles. The highest BCUT2D eigenvalue weighted by molar-refractivity contribution is 5.99. The van der Waals surface area contributed by atoms with Crippen LogP contribution >= 0.6 is 0 Å². The van der Waals surface area contributed by atoms with Gasteiger partial charge in [0.05, 0.1) is 45.2 Å². The van der Waals surface area contributed by atoms with E-state index in [-0.39, 0.29) is 28.9 Å². The zero-order chi connectivity index (χ0) is 33.8. The number of carbonyl (C=O) groups is 3. The quantitative estimate of drug-likeness (QED) is 0.243. The number of nitrogens with one attached hydrogen (secondary N) is 3. The molecule has 3 aliphatic heterocycles. The fourth-order valence-corrected chi connectivity index (χ4v) is 4.18. The molecule has 3 aliphatic rings. The third kappa shape index (κ3) is 7.62. The van der Waals surface area contributed by atoms with E-state index in [1.54, 1.807) is 25.1 Å². The monoisotopic (exact) mass is 641 g/mol. The number of hydrogen-bond donors (Lipinski definition) is 3. The third-order valence-corrected chi connectivity index (χ3v) is 6.64. The Bertz CT molecular complexity index is 1740. The number of anilines is 3. The zero-order valence-electron chi connectivity index (χ0n) is 24.4. The van der Waals surface area contributed by atoms with Crippen molar-refractivity contribution in [2.24, 2.45) is 0 Å². The number of nitro benzene ring substituents is 1. The minimum atomic E-state index is -4.43. The average molecular weight is 642 g/mol. The van der Waals surface area contributed by atoms with Gasteiger partial charge in [-0.25, -0.2) is 0 Å². The van der Waals surface area contributed by atoms with Gasteiger partial charge in [0.25, 0.3) is 23.4 Å². The molecule has 0 saturated heterocycles. The van der Waals surface area contributed by atoms with Crippen molar-refractivity contribution in [1.82, 2.24) is 0 Å². The molecular weight excluding hydrogens is 615 g/mol. The number of nitrogens with zero attached hydrogens (tertiary/aromatic N) is 2. The summed E-state index contributed by atoms with van der Waals surface area (Å²) in [6.45, 7) is 5.01. The summed E-state index contributed by atoms with van der Waals surface area (Å²) in [6, 6.07) is 14.0. The SMILES string of the molecule is CC1Oc2ccc(C#N)cc2NC1=O.CC1Oc2ccc(C(F)(F)F)cc2NC1=O.CCC1Oc2cc([N+](=O)[O-])ccc2NC1=O. The van der Waals surface area contributed by atoms with Crippen LogP contribution in [0.3, 0.4) is 0 Å². The first-order valence-corrected chi connectivity index (χ1v) is 13.7. The molecule has 3 atom stereocenters. The Morgan fingerprint density at radius 3 is 1.91 bits per heavy atom. The summed E-state index contributed by atoms with van der Waals surface area (Å²) in [7, 11) is 0. The number of rotatable bonds is 2. The normalized spacial score (nSPS) is 19.0. The first kappa shape index (κ1) is 33.1. The Kier molecular flexibility index (Phi) is 9.65. The van der Waals surface area contributed by atoms with Crippen LogP contribution in [0.5, 0.6) is 17.2 Å². The van der Waals surface area contributed by atoms with Crippen molar-refractivity contribution in [3.63, 3.8) is 0 Å². The van der Waals surface area contributed by atoms with E-state index in [1.165, 1.54) is 31.2 Å². The molecule has 46 heavy (non-hydrogen) atoms. The smallest absolute Gasteiger partial charge is 0.416 e. The molecule has 3 aromatic carbocycles. The lowest BCUT2D eigenvalue weighted by Crippen LogP contribution is -2.36. The van der Waals surface area contributed by atoms with Gasteiger partial charge in [-0.05, 0) is 62.7 Å². The van der Waals surface area contributed by atoms with Gasteiger partial charge in [-0.3, -0.25) is 24.5 Å². The molecule has 0 aliphatic carbocycles. The topological polar surface area (TPSA) is 182 Å². The molecular formula is C30H26F3N5O8. The Hall–Kier alpha value is -5.85. The number of non-ortho nitro benzene ring substituents is 1. The zero-order valence-corrected chi connectivity index (χ0v) is 24.4. The molecule has 6 rings (SSSR count). The van der Waals surface area contributed by atoms with Gasteiger partial charge in [0.15, 0.2) is 24.1 Å². The summed E-state index contributed by atoms with van der Waals surface area (Å²) >= 11 is 0. The van der Waals surface area contributed by atoms with Gasteiger partial charge < -0.3 is 30.2 Å². The van der Waals surface area contributed by atoms with Gasteiger partial charge in [-0.2, -0.15) is 18.4 Å². The lowest BCUT2D eigenvalue weighted by molar-refractivity contribution is -0.384. The van der Waals surface area contributed by atoms with Crippen molar-refractivity contribution in [2.75, 3.05) is 16.0 Å². The van der Waals surface area contributed by atoms with Crippen LogP contribution in [-0.4, -0.2) is 41.0 Å². The molecule has 0 fully saturated rings. The second-order valence-corrected chi connectivity index (χ2v) is 9.97. The highest BCUT2D eigenvalue weighted by atomic mass is 19.4. The number of hydrogen-bond acceptors (Lipinski definition) is 9. The number of halogens is 3. The van der Waals surface area contributed by atoms with E-state index >= 15 is 0 Å². The number of nitriles is 1. The molecule has 3 aromatic rings. The first-order valence-electron chi connectivity index (χ1n) is 13.7. The minimum absolute atomic E-state index is 0.0512. The number of carbonyl (C=O) groups excluding carboxylic acids is 3. The summed E-state index contributed by atoms with van der Waals surface area (Å²) in [5.74, 6) is 0.347. The Morgan fingerprint density at radius 1 is 0.804 bits per heavy atom. The van der Waals surface area contributed by atoms with Gasteiger partial charge in [-0.1, -0.05) is 6.92 Å². The number of amides is 3.